The summed E-state index contributed by atoms with van der Waals surface area (Å²) in [5, 5.41) is 0. The summed E-state index contributed by atoms with van der Waals surface area (Å²) < 4.78 is 26.0. The summed E-state index contributed by atoms with van der Waals surface area (Å²) in [7, 11) is -3.16. The van der Waals surface area contributed by atoms with Gasteiger partial charge in [0.1, 0.15) is 0 Å². The van der Waals surface area contributed by atoms with Gasteiger partial charge in [-0.25, -0.2) is 12.7 Å². The molecule has 24 heavy (non-hydrogen) atoms. The van der Waals surface area contributed by atoms with Gasteiger partial charge in [-0.2, -0.15) is 0 Å². The van der Waals surface area contributed by atoms with Crippen LogP contribution in [-0.4, -0.2) is 52.9 Å². The SMILES string of the molecule is CCS(=O)(=O)N1CCCC2(CCC(=O)N2Cc2ccncc2)CC1. The molecule has 1 unspecified atom stereocenters. The zero-order valence-electron chi connectivity index (χ0n) is 14.1. The minimum absolute atomic E-state index is 0.139. The van der Waals surface area contributed by atoms with E-state index in [4.69, 9.17) is 0 Å². The molecule has 1 aromatic rings. The molecular weight excluding hydrogens is 326 g/mol. The van der Waals surface area contributed by atoms with Crippen LogP contribution >= 0.6 is 0 Å². The van der Waals surface area contributed by atoms with Gasteiger partial charge in [-0.05, 0) is 50.3 Å². The fraction of sp³-hybridized carbons (Fsp3) is 0.647. The van der Waals surface area contributed by atoms with Gasteiger partial charge in [0.15, 0.2) is 0 Å². The van der Waals surface area contributed by atoms with E-state index in [1.165, 1.54) is 0 Å². The minimum atomic E-state index is -3.16. The first-order valence-corrected chi connectivity index (χ1v) is 10.2. The summed E-state index contributed by atoms with van der Waals surface area (Å²) in [4.78, 5) is 18.5. The molecule has 1 amide bonds. The van der Waals surface area contributed by atoms with Crippen molar-refractivity contribution >= 4 is 15.9 Å². The van der Waals surface area contributed by atoms with Crippen molar-refractivity contribution in [1.82, 2.24) is 14.2 Å². The Bertz CT molecular complexity index is 692. The monoisotopic (exact) mass is 351 g/mol. The third kappa shape index (κ3) is 3.32. The lowest BCUT2D eigenvalue weighted by atomic mass is 9.87. The minimum Gasteiger partial charge on any atom is -0.333 e. The van der Waals surface area contributed by atoms with Crippen molar-refractivity contribution in [1.29, 1.82) is 0 Å². The summed E-state index contributed by atoms with van der Waals surface area (Å²) in [6.45, 7) is 3.35. The molecule has 132 valence electrons. The number of carbonyl (C=O) groups is 1. The molecule has 1 spiro atoms. The molecule has 0 bridgehead atoms. The van der Waals surface area contributed by atoms with Gasteiger partial charge in [-0.1, -0.05) is 0 Å². The predicted octanol–water partition coefficient (Wildman–Crippen LogP) is 1.78. The van der Waals surface area contributed by atoms with E-state index < -0.39 is 10.0 Å². The first-order valence-electron chi connectivity index (χ1n) is 8.64. The predicted molar refractivity (Wildman–Crippen MR) is 91.6 cm³/mol. The molecular formula is C17H25N3O3S. The Hall–Kier alpha value is -1.47. The molecule has 0 radical (unpaired) electrons. The van der Waals surface area contributed by atoms with E-state index in [1.54, 1.807) is 23.6 Å². The number of aromatic nitrogens is 1. The first-order chi connectivity index (χ1) is 11.5. The van der Waals surface area contributed by atoms with Crippen LogP contribution in [0.15, 0.2) is 24.5 Å². The van der Waals surface area contributed by atoms with E-state index in [2.05, 4.69) is 4.98 Å². The van der Waals surface area contributed by atoms with Crippen LogP contribution in [-0.2, 0) is 21.4 Å². The summed E-state index contributed by atoms with van der Waals surface area (Å²) in [5.74, 6) is 0.318. The molecule has 2 saturated heterocycles. The van der Waals surface area contributed by atoms with E-state index in [0.717, 1.165) is 31.2 Å². The molecule has 0 aromatic carbocycles. The van der Waals surface area contributed by atoms with Crippen molar-refractivity contribution in [2.24, 2.45) is 0 Å². The molecule has 0 N–H and O–H groups in total. The van der Waals surface area contributed by atoms with E-state index >= 15 is 0 Å². The van der Waals surface area contributed by atoms with E-state index in [-0.39, 0.29) is 17.2 Å². The molecule has 3 heterocycles. The van der Waals surface area contributed by atoms with Gasteiger partial charge in [0, 0.05) is 44.0 Å². The Kier molecular flexibility index (Phi) is 4.92. The van der Waals surface area contributed by atoms with Gasteiger partial charge in [0.2, 0.25) is 15.9 Å². The molecule has 7 heteroatoms. The fourth-order valence-corrected chi connectivity index (χ4v) is 5.08. The number of pyridine rings is 1. The van der Waals surface area contributed by atoms with Crippen LogP contribution in [0.4, 0.5) is 0 Å². The van der Waals surface area contributed by atoms with Gasteiger partial charge in [0.05, 0.1) is 5.75 Å². The number of carbonyl (C=O) groups excluding carboxylic acids is 1. The maximum atomic E-state index is 12.5. The lowest BCUT2D eigenvalue weighted by Gasteiger charge is -2.38. The highest BCUT2D eigenvalue weighted by atomic mass is 32.2. The molecule has 1 atom stereocenters. The lowest BCUT2D eigenvalue weighted by molar-refractivity contribution is -0.132. The highest BCUT2D eigenvalue weighted by Gasteiger charge is 2.46. The number of sulfonamides is 1. The smallest absolute Gasteiger partial charge is 0.223 e. The second kappa shape index (κ2) is 6.80. The van der Waals surface area contributed by atoms with Crippen LogP contribution in [0.1, 0.15) is 44.6 Å². The summed E-state index contributed by atoms with van der Waals surface area (Å²) >= 11 is 0. The quantitative estimate of drug-likeness (QED) is 0.829. The van der Waals surface area contributed by atoms with Crippen LogP contribution in [0.5, 0.6) is 0 Å². The molecule has 0 saturated carbocycles. The van der Waals surface area contributed by atoms with Crippen LogP contribution in [0.25, 0.3) is 0 Å². The fourth-order valence-electron chi connectivity index (χ4n) is 3.94. The third-order valence-corrected chi connectivity index (χ3v) is 7.28. The van der Waals surface area contributed by atoms with Crippen molar-refractivity contribution < 1.29 is 13.2 Å². The Morgan fingerprint density at radius 1 is 1.17 bits per heavy atom. The highest BCUT2D eigenvalue weighted by Crippen LogP contribution is 2.40. The molecule has 2 aliphatic rings. The molecule has 2 fully saturated rings. The van der Waals surface area contributed by atoms with E-state index in [0.29, 0.717) is 26.1 Å². The maximum absolute atomic E-state index is 12.5. The van der Waals surface area contributed by atoms with Crippen molar-refractivity contribution in [3.8, 4) is 0 Å². The normalized spacial score (nSPS) is 26.0. The first kappa shape index (κ1) is 17.4. The number of rotatable bonds is 4. The standard InChI is InChI=1S/C17H25N3O3S/c1-2-24(22,23)19-12-3-7-17(9-13-19)8-4-16(21)20(17)14-15-5-10-18-11-6-15/h5-6,10-11H,2-4,7-9,12-14H2,1H3. The lowest BCUT2D eigenvalue weighted by Crippen LogP contribution is -2.46. The number of likely N-dealkylation sites (tertiary alicyclic amines) is 1. The molecule has 1 aromatic heterocycles. The summed E-state index contributed by atoms with van der Waals surface area (Å²) in [6.07, 6.45) is 7.28. The number of hydrogen-bond acceptors (Lipinski definition) is 4. The van der Waals surface area contributed by atoms with E-state index in [9.17, 15) is 13.2 Å². The Labute approximate surface area is 143 Å². The largest absolute Gasteiger partial charge is 0.333 e. The van der Waals surface area contributed by atoms with Crippen LogP contribution in [0.3, 0.4) is 0 Å². The van der Waals surface area contributed by atoms with Gasteiger partial charge >= 0.3 is 0 Å². The molecule has 0 aliphatic carbocycles. The molecule has 3 rings (SSSR count). The van der Waals surface area contributed by atoms with Gasteiger partial charge < -0.3 is 4.90 Å². The van der Waals surface area contributed by atoms with Crippen LogP contribution < -0.4 is 0 Å². The van der Waals surface area contributed by atoms with Crippen molar-refractivity contribution in [2.45, 2.75) is 51.1 Å². The zero-order chi connectivity index (χ0) is 17.2. The van der Waals surface area contributed by atoms with Crippen LogP contribution in [0, 0.1) is 0 Å². The van der Waals surface area contributed by atoms with Gasteiger partial charge in [-0.15, -0.1) is 0 Å². The number of nitrogens with zero attached hydrogens (tertiary/aromatic N) is 3. The zero-order valence-corrected chi connectivity index (χ0v) is 15.0. The third-order valence-electron chi connectivity index (χ3n) is 5.40. The number of amides is 1. The average molecular weight is 351 g/mol. The average Bonchev–Trinajstić information content (AvgIpc) is 2.77. The molecule has 6 nitrogen and oxygen atoms in total. The van der Waals surface area contributed by atoms with E-state index in [1.807, 2.05) is 17.0 Å². The number of hydrogen-bond donors (Lipinski definition) is 0. The van der Waals surface area contributed by atoms with Gasteiger partial charge in [0.25, 0.3) is 0 Å². The molecule has 2 aliphatic heterocycles. The Morgan fingerprint density at radius 2 is 1.92 bits per heavy atom. The van der Waals surface area contributed by atoms with Gasteiger partial charge in [-0.3, -0.25) is 9.78 Å². The Morgan fingerprint density at radius 3 is 2.62 bits per heavy atom. The maximum Gasteiger partial charge on any atom is 0.223 e. The second-order valence-electron chi connectivity index (χ2n) is 6.71. The Balaban J connectivity index is 1.79. The van der Waals surface area contributed by atoms with Crippen LogP contribution in [0.2, 0.25) is 0 Å². The van der Waals surface area contributed by atoms with Crippen molar-refractivity contribution in [3.05, 3.63) is 30.1 Å². The highest BCUT2D eigenvalue weighted by molar-refractivity contribution is 7.89. The summed E-state index contributed by atoms with van der Waals surface area (Å²) in [5.41, 5.74) is 0.875. The van der Waals surface area contributed by atoms with Crippen molar-refractivity contribution in [2.75, 3.05) is 18.8 Å². The topological polar surface area (TPSA) is 70.6 Å². The second-order valence-corrected chi connectivity index (χ2v) is 8.97. The van der Waals surface area contributed by atoms with Crippen molar-refractivity contribution in [3.63, 3.8) is 0 Å². The summed E-state index contributed by atoms with van der Waals surface area (Å²) in [6, 6.07) is 3.87.